The van der Waals surface area contributed by atoms with Crippen LogP contribution in [0.1, 0.15) is 62.4 Å². The summed E-state index contributed by atoms with van der Waals surface area (Å²) in [7, 11) is 3.17. The van der Waals surface area contributed by atoms with E-state index in [9.17, 15) is 14.7 Å². The molecule has 2 amide bonds. The summed E-state index contributed by atoms with van der Waals surface area (Å²) in [5.41, 5.74) is 1.31. The van der Waals surface area contributed by atoms with Gasteiger partial charge in [-0.25, -0.2) is 9.97 Å². The molecule has 2 fully saturated rings. The molecule has 3 N–H and O–H groups in total. The number of carbonyl (C=O) groups excluding carboxylic acids is 2. The van der Waals surface area contributed by atoms with E-state index in [-0.39, 0.29) is 46.9 Å². The second-order valence-corrected chi connectivity index (χ2v) is 11.2. The fraction of sp³-hybridized carbons (Fsp3) is 0.586. The Kier molecular flexibility index (Phi) is 8.55. The molecule has 2 aliphatic rings. The van der Waals surface area contributed by atoms with E-state index in [0.29, 0.717) is 23.6 Å². The van der Waals surface area contributed by atoms with Crippen LogP contribution in [0.4, 0.5) is 0 Å². The van der Waals surface area contributed by atoms with Gasteiger partial charge in [0.15, 0.2) is 11.5 Å². The SMILES string of the molecule is COc1ccc(CNC(=O)[C@@H](C)C2CC[C@@]3(C)CC[C@H](NC(=O)c4cncnc4)[C@@H](C)[C@@H]3[C@H]2O)cc1OC. The number of amides is 2. The van der Waals surface area contributed by atoms with Crippen LogP contribution in [0, 0.1) is 29.1 Å². The third kappa shape index (κ3) is 5.62. The molecule has 1 heterocycles. The average Bonchev–Trinajstić information content (AvgIpc) is 2.93. The molecule has 0 aliphatic heterocycles. The molecular weight excluding hydrogens is 484 g/mol. The van der Waals surface area contributed by atoms with Crippen molar-refractivity contribution < 1.29 is 24.2 Å². The fourth-order valence-electron chi connectivity index (χ4n) is 6.70. The Morgan fingerprint density at radius 3 is 2.50 bits per heavy atom. The maximum absolute atomic E-state index is 13.2. The van der Waals surface area contributed by atoms with Gasteiger partial charge in [-0.2, -0.15) is 0 Å². The number of aromatic nitrogens is 2. The minimum Gasteiger partial charge on any atom is -0.493 e. The lowest BCUT2D eigenvalue weighted by molar-refractivity contribution is -0.142. The van der Waals surface area contributed by atoms with Crippen molar-refractivity contribution in [2.24, 2.45) is 29.1 Å². The smallest absolute Gasteiger partial charge is 0.254 e. The zero-order chi connectivity index (χ0) is 27.4. The Balaban J connectivity index is 1.41. The number of ether oxygens (including phenoxy) is 2. The van der Waals surface area contributed by atoms with Gasteiger partial charge in [0, 0.05) is 30.9 Å². The molecule has 0 bridgehead atoms. The monoisotopic (exact) mass is 524 g/mol. The molecule has 1 aromatic heterocycles. The number of nitrogens with one attached hydrogen (secondary N) is 2. The fourth-order valence-corrected chi connectivity index (χ4v) is 6.70. The van der Waals surface area contributed by atoms with Crippen molar-refractivity contribution in [3.05, 3.63) is 48.0 Å². The molecule has 2 saturated carbocycles. The molecule has 2 aromatic rings. The highest BCUT2D eigenvalue weighted by atomic mass is 16.5. The summed E-state index contributed by atoms with van der Waals surface area (Å²) in [4.78, 5) is 33.8. The number of hydrogen-bond acceptors (Lipinski definition) is 7. The van der Waals surface area contributed by atoms with Crippen LogP contribution in [0.2, 0.25) is 0 Å². The molecule has 0 spiro atoms. The van der Waals surface area contributed by atoms with Gasteiger partial charge < -0.3 is 25.2 Å². The molecule has 38 heavy (non-hydrogen) atoms. The number of aliphatic hydroxyl groups is 1. The lowest BCUT2D eigenvalue weighted by Crippen LogP contribution is -2.58. The van der Waals surface area contributed by atoms with Crippen LogP contribution < -0.4 is 20.1 Å². The first-order chi connectivity index (χ1) is 18.2. The largest absolute Gasteiger partial charge is 0.493 e. The average molecular weight is 525 g/mol. The molecule has 1 aromatic carbocycles. The van der Waals surface area contributed by atoms with Crippen LogP contribution in [-0.2, 0) is 11.3 Å². The van der Waals surface area contributed by atoms with Crippen molar-refractivity contribution in [1.29, 1.82) is 0 Å². The van der Waals surface area contributed by atoms with E-state index in [0.717, 1.165) is 31.2 Å². The van der Waals surface area contributed by atoms with Gasteiger partial charge in [-0.15, -0.1) is 0 Å². The van der Waals surface area contributed by atoms with Crippen LogP contribution in [-0.4, -0.2) is 53.3 Å². The number of carbonyl (C=O) groups is 2. The summed E-state index contributed by atoms with van der Waals surface area (Å²) in [5.74, 6) is 0.506. The summed E-state index contributed by atoms with van der Waals surface area (Å²) in [6.45, 7) is 6.63. The van der Waals surface area contributed by atoms with E-state index in [1.54, 1.807) is 14.2 Å². The molecule has 4 rings (SSSR count). The quantitative estimate of drug-likeness (QED) is 0.484. The zero-order valence-corrected chi connectivity index (χ0v) is 22.9. The van der Waals surface area contributed by atoms with Crippen molar-refractivity contribution in [2.45, 2.75) is 65.1 Å². The van der Waals surface area contributed by atoms with Gasteiger partial charge in [0.25, 0.3) is 5.91 Å². The number of fused-ring (bicyclic) bond motifs is 1. The minimum absolute atomic E-state index is 0.0200. The predicted octanol–water partition coefficient (Wildman–Crippen LogP) is 3.37. The van der Waals surface area contributed by atoms with Crippen molar-refractivity contribution in [3.63, 3.8) is 0 Å². The molecule has 2 aliphatic carbocycles. The van der Waals surface area contributed by atoms with Gasteiger partial charge in [-0.1, -0.05) is 26.8 Å². The summed E-state index contributed by atoms with van der Waals surface area (Å²) in [5, 5.41) is 17.8. The molecule has 0 radical (unpaired) electrons. The van der Waals surface area contributed by atoms with Gasteiger partial charge in [-0.05, 0) is 66.5 Å². The first-order valence-electron chi connectivity index (χ1n) is 13.4. The summed E-state index contributed by atoms with van der Waals surface area (Å²) in [6.07, 6.45) is 7.30. The highest BCUT2D eigenvalue weighted by molar-refractivity contribution is 5.93. The third-order valence-electron chi connectivity index (χ3n) is 9.00. The van der Waals surface area contributed by atoms with Crippen LogP contribution in [0.25, 0.3) is 0 Å². The van der Waals surface area contributed by atoms with E-state index < -0.39 is 6.10 Å². The Bertz CT molecular complexity index is 1130. The molecule has 9 heteroatoms. The summed E-state index contributed by atoms with van der Waals surface area (Å²) < 4.78 is 10.7. The van der Waals surface area contributed by atoms with Gasteiger partial charge in [0.1, 0.15) is 6.33 Å². The first kappa shape index (κ1) is 27.8. The van der Waals surface area contributed by atoms with E-state index in [1.165, 1.54) is 18.7 Å². The number of hydrogen-bond donors (Lipinski definition) is 3. The number of rotatable bonds is 8. The Labute approximate surface area is 224 Å². The standard InChI is InChI=1S/C29H40N4O5/c1-17(27(35)32-13-19-6-7-23(37-4)24(12-19)38-5)21-8-10-29(3)11-9-22(18(2)25(29)26(21)34)33-28(36)20-14-30-16-31-15-20/h6-7,12,14-18,21-22,25-26,34H,8-11,13H2,1-5H3,(H,32,35)(H,33,36)/t17-,18+,21?,22-,25+,26-,29-/m0/s1. The molecule has 206 valence electrons. The van der Waals surface area contributed by atoms with Crippen LogP contribution in [0.3, 0.4) is 0 Å². The topological polar surface area (TPSA) is 123 Å². The number of benzene rings is 1. The second-order valence-electron chi connectivity index (χ2n) is 11.2. The van der Waals surface area contributed by atoms with Gasteiger partial charge in [-0.3, -0.25) is 9.59 Å². The maximum atomic E-state index is 13.2. The van der Waals surface area contributed by atoms with Gasteiger partial charge in [0.05, 0.1) is 25.9 Å². The van der Waals surface area contributed by atoms with Gasteiger partial charge in [0.2, 0.25) is 5.91 Å². The molecule has 1 unspecified atom stereocenters. The normalized spacial score (nSPS) is 29.5. The molecule has 0 saturated heterocycles. The number of methoxy groups -OCH3 is 2. The van der Waals surface area contributed by atoms with E-state index >= 15 is 0 Å². The predicted molar refractivity (Wildman–Crippen MR) is 143 cm³/mol. The maximum Gasteiger partial charge on any atom is 0.254 e. The second kappa shape index (κ2) is 11.7. The van der Waals surface area contributed by atoms with E-state index in [2.05, 4.69) is 34.4 Å². The highest BCUT2D eigenvalue weighted by Gasteiger charge is 2.53. The molecule has 7 atom stereocenters. The van der Waals surface area contributed by atoms with Crippen molar-refractivity contribution in [3.8, 4) is 11.5 Å². The van der Waals surface area contributed by atoms with Crippen LogP contribution in [0.15, 0.2) is 36.9 Å². The number of aliphatic hydroxyl groups excluding tert-OH is 1. The molecular formula is C29H40N4O5. The van der Waals surface area contributed by atoms with Crippen molar-refractivity contribution in [2.75, 3.05) is 14.2 Å². The van der Waals surface area contributed by atoms with E-state index in [4.69, 9.17) is 9.47 Å². The lowest BCUT2D eigenvalue weighted by atomic mass is 9.51. The third-order valence-corrected chi connectivity index (χ3v) is 9.00. The lowest BCUT2D eigenvalue weighted by Gasteiger charge is -2.56. The summed E-state index contributed by atoms with van der Waals surface area (Å²) >= 11 is 0. The highest BCUT2D eigenvalue weighted by Crippen LogP contribution is 2.55. The van der Waals surface area contributed by atoms with Gasteiger partial charge >= 0.3 is 0 Å². The summed E-state index contributed by atoms with van der Waals surface area (Å²) in [6, 6.07) is 5.50. The van der Waals surface area contributed by atoms with E-state index in [1.807, 2.05) is 25.1 Å². The minimum atomic E-state index is -0.634. The van der Waals surface area contributed by atoms with Crippen molar-refractivity contribution >= 4 is 11.8 Å². The van der Waals surface area contributed by atoms with Crippen LogP contribution >= 0.6 is 0 Å². The Hall–Kier alpha value is -3.20. The number of nitrogens with zero attached hydrogens (tertiary/aromatic N) is 2. The molecule has 9 nitrogen and oxygen atoms in total. The van der Waals surface area contributed by atoms with Crippen molar-refractivity contribution in [1.82, 2.24) is 20.6 Å². The van der Waals surface area contributed by atoms with Crippen LogP contribution in [0.5, 0.6) is 11.5 Å². The zero-order valence-electron chi connectivity index (χ0n) is 22.9. The Morgan fingerprint density at radius 2 is 1.82 bits per heavy atom. The first-order valence-corrected chi connectivity index (χ1v) is 13.4. The Morgan fingerprint density at radius 1 is 1.13 bits per heavy atom.